The zero-order chi connectivity index (χ0) is 20.7. The van der Waals surface area contributed by atoms with Gasteiger partial charge in [-0.2, -0.15) is 0 Å². The van der Waals surface area contributed by atoms with Crippen LogP contribution in [-0.2, 0) is 9.59 Å². The Kier molecular flexibility index (Phi) is 4.07. The molecule has 2 unspecified atom stereocenters. The highest BCUT2D eigenvalue weighted by molar-refractivity contribution is 5.93. The molecule has 0 aromatic rings. The van der Waals surface area contributed by atoms with E-state index in [1.807, 2.05) is 19.9 Å². The van der Waals surface area contributed by atoms with Gasteiger partial charge in [0.05, 0.1) is 6.10 Å². The van der Waals surface area contributed by atoms with Crippen LogP contribution < -0.4 is 5.32 Å². The first-order chi connectivity index (χ1) is 13.0. The monoisotopic (exact) mass is 391 g/mol. The number of rotatable bonds is 1. The molecule has 154 valence electrons. The van der Waals surface area contributed by atoms with Gasteiger partial charge in [-0.25, -0.2) is 4.39 Å². The van der Waals surface area contributed by atoms with Crippen LogP contribution in [0.4, 0.5) is 4.39 Å². The molecule has 0 aromatic carbocycles. The second-order valence-electron chi connectivity index (χ2n) is 9.74. The molecule has 0 aromatic heterocycles. The van der Waals surface area contributed by atoms with Gasteiger partial charge in [0.15, 0.2) is 17.1 Å². The molecule has 5 nitrogen and oxygen atoms in total. The topological polar surface area (TPSA) is 86.6 Å². The second-order valence-corrected chi connectivity index (χ2v) is 9.74. The van der Waals surface area contributed by atoms with Crippen LogP contribution in [0.3, 0.4) is 0 Å². The fourth-order valence-corrected chi connectivity index (χ4v) is 7.13. The Hall–Kier alpha value is -1.53. The SMILES string of the molecule is CNC(=O)[C@@]1(O)[C@H](C)CC2C3CC=C4CC(=O)C=C[C@]4(C)[C@@]3(F)[C@@H](O)C[C@@]21C. The smallest absolute Gasteiger partial charge is 0.252 e. The molecule has 0 saturated heterocycles. The molecule has 3 N–H and O–H groups in total. The van der Waals surface area contributed by atoms with Gasteiger partial charge in [-0.3, -0.25) is 9.59 Å². The van der Waals surface area contributed by atoms with E-state index in [2.05, 4.69) is 5.32 Å². The van der Waals surface area contributed by atoms with Gasteiger partial charge in [-0.05, 0) is 44.1 Å². The number of halogens is 1. The fourth-order valence-electron chi connectivity index (χ4n) is 7.13. The predicted molar refractivity (Wildman–Crippen MR) is 102 cm³/mol. The third-order valence-electron chi connectivity index (χ3n) is 8.76. The van der Waals surface area contributed by atoms with Crippen molar-refractivity contribution in [2.24, 2.45) is 28.6 Å². The summed E-state index contributed by atoms with van der Waals surface area (Å²) in [6, 6.07) is 0. The average Bonchev–Trinajstić information content (AvgIpc) is 2.84. The fraction of sp³-hybridized carbons (Fsp3) is 0.727. The summed E-state index contributed by atoms with van der Waals surface area (Å²) in [7, 11) is 1.49. The summed E-state index contributed by atoms with van der Waals surface area (Å²) in [4.78, 5) is 24.6. The largest absolute Gasteiger partial charge is 0.390 e. The highest BCUT2D eigenvalue weighted by Gasteiger charge is 2.75. The Balaban J connectivity index is 1.85. The lowest BCUT2D eigenvalue weighted by Crippen LogP contribution is -2.69. The summed E-state index contributed by atoms with van der Waals surface area (Å²) >= 11 is 0. The van der Waals surface area contributed by atoms with Crippen LogP contribution in [0.5, 0.6) is 0 Å². The molecule has 2 fully saturated rings. The minimum atomic E-state index is -1.94. The van der Waals surface area contributed by atoms with E-state index in [0.717, 1.165) is 5.57 Å². The quantitative estimate of drug-likeness (QED) is 0.598. The van der Waals surface area contributed by atoms with Crippen molar-refractivity contribution in [3.63, 3.8) is 0 Å². The third-order valence-corrected chi connectivity index (χ3v) is 8.76. The second kappa shape index (κ2) is 5.76. The Morgan fingerprint density at radius 3 is 2.64 bits per heavy atom. The third kappa shape index (κ3) is 1.98. The van der Waals surface area contributed by atoms with Crippen LogP contribution in [-0.4, -0.2) is 46.3 Å². The van der Waals surface area contributed by atoms with Crippen molar-refractivity contribution in [3.05, 3.63) is 23.8 Å². The molecule has 4 aliphatic carbocycles. The van der Waals surface area contributed by atoms with E-state index in [9.17, 15) is 19.8 Å². The highest BCUT2D eigenvalue weighted by atomic mass is 19.1. The molecule has 1 amide bonds. The number of hydrogen-bond acceptors (Lipinski definition) is 4. The van der Waals surface area contributed by atoms with Crippen LogP contribution in [0.15, 0.2) is 23.8 Å². The van der Waals surface area contributed by atoms with Gasteiger partial charge in [0, 0.05) is 30.2 Å². The van der Waals surface area contributed by atoms with E-state index in [1.54, 1.807) is 13.0 Å². The van der Waals surface area contributed by atoms with E-state index in [0.29, 0.717) is 12.8 Å². The Bertz CT molecular complexity index is 808. The van der Waals surface area contributed by atoms with Gasteiger partial charge >= 0.3 is 0 Å². The van der Waals surface area contributed by atoms with Crippen molar-refractivity contribution >= 4 is 11.7 Å². The average molecular weight is 391 g/mol. The molecule has 4 rings (SSSR count). The Morgan fingerprint density at radius 2 is 2.00 bits per heavy atom. The number of fused-ring (bicyclic) bond motifs is 5. The van der Waals surface area contributed by atoms with Crippen molar-refractivity contribution in [1.29, 1.82) is 0 Å². The zero-order valence-corrected chi connectivity index (χ0v) is 17.0. The summed E-state index contributed by atoms with van der Waals surface area (Å²) in [5.41, 5.74) is -4.85. The lowest BCUT2D eigenvalue weighted by atomic mass is 9.45. The van der Waals surface area contributed by atoms with Crippen LogP contribution in [0, 0.1) is 28.6 Å². The Morgan fingerprint density at radius 1 is 1.32 bits per heavy atom. The summed E-state index contributed by atoms with van der Waals surface area (Å²) in [6.45, 7) is 5.42. The number of carbonyl (C=O) groups excluding carboxylic acids is 2. The molecule has 2 saturated carbocycles. The number of nitrogens with one attached hydrogen (secondary N) is 1. The van der Waals surface area contributed by atoms with Crippen LogP contribution in [0.25, 0.3) is 0 Å². The maximum absolute atomic E-state index is 16.9. The first-order valence-corrected chi connectivity index (χ1v) is 10.2. The Labute approximate surface area is 165 Å². The van der Waals surface area contributed by atoms with Gasteiger partial charge in [0.25, 0.3) is 5.91 Å². The minimum Gasteiger partial charge on any atom is -0.390 e. The normalized spacial score (nSPS) is 52.4. The number of hydrogen-bond donors (Lipinski definition) is 3. The molecule has 4 aliphatic rings. The summed E-state index contributed by atoms with van der Waals surface area (Å²) in [5.74, 6) is -1.65. The molecular formula is C22H30FNO4. The van der Waals surface area contributed by atoms with Crippen LogP contribution >= 0.6 is 0 Å². The first-order valence-electron chi connectivity index (χ1n) is 10.2. The molecule has 8 atom stereocenters. The summed E-state index contributed by atoms with van der Waals surface area (Å²) in [5, 5.41) is 25.2. The number of alkyl halides is 1. The van der Waals surface area contributed by atoms with Gasteiger partial charge < -0.3 is 15.5 Å². The molecule has 0 spiro atoms. The maximum atomic E-state index is 16.9. The van der Waals surface area contributed by atoms with Crippen LogP contribution in [0.1, 0.15) is 46.5 Å². The van der Waals surface area contributed by atoms with Gasteiger partial charge in [-0.15, -0.1) is 0 Å². The molecule has 28 heavy (non-hydrogen) atoms. The minimum absolute atomic E-state index is 0.00355. The lowest BCUT2D eigenvalue weighted by molar-refractivity contribution is -0.215. The van der Waals surface area contributed by atoms with E-state index in [4.69, 9.17) is 0 Å². The van der Waals surface area contributed by atoms with Gasteiger partial charge in [0.2, 0.25) is 0 Å². The lowest BCUT2D eigenvalue weighted by Gasteiger charge is -2.61. The molecule has 0 heterocycles. The number of ketones is 1. The number of aliphatic hydroxyl groups is 2. The number of likely N-dealkylation sites (N-methyl/N-ethyl adjacent to an activating group) is 1. The van der Waals surface area contributed by atoms with Crippen molar-refractivity contribution in [2.45, 2.75) is 63.8 Å². The molecule has 0 bridgehead atoms. The molecular weight excluding hydrogens is 361 g/mol. The van der Waals surface area contributed by atoms with Gasteiger partial charge in [0.1, 0.15) is 0 Å². The van der Waals surface area contributed by atoms with Crippen molar-refractivity contribution in [3.8, 4) is 0 Å². The predicted octanol–water partition coefficient (Wildman–Crippen LogP) is 2.08. The van der Waals surface area contributed by atoms with E-state index in [1.165, 1.54) is 13.1 Å². The number of aliphatic hydroxyl groups excluding tert-OH is 1. The number of amides is 1. The van der Waals surface area contributed by atoms with E-state index < -0.39 is 40.0 Å². The summed E-state index contributed by atoms with van der Waals surface area (Å²) in [6.07, 6.45) is 4.76. The van der Waals surface area contributed by atoms with Crippen LogP contribution in [0.2, 0.25) is 0 Å². The van der Waals surface area contributed by atoms with Crippen molar-refractivity contribution in [1.82, 2.24) is 5.32 Å². The first kappa shape index (κ1) is 19.8. The van der Waals surface area contributed by atoms with Gasteiger partial charge in [-0.1, -0.05) is 31.6 Å². The maximum Gasteiger partial charge on any atom is 0.252 e. The molecule has 6 heteroatoms. The summed E-state index contributed by atoms with van der Waals surface area (Å²) < 4.78 is 16.9. The molecule has 0 aliphatic heterocycles. The highest BCUT2D eigenvalue weighted by Crippen LogP contribution is 2.70. The van der Waals surface area contributed by atoms with E-state index >= 15 is 4.39 Å². The number of carbonyl (C=O) groups is 2. The van der Waals surface area contributed by atoms with Crippen molar-refractivity contribution < 1.29 is 24.2 Å². The number of allylic oxidation sites excluding steroid dienone is 4. The molecule has 0 radical (unpaired) electrons. The van der Waals surface area contributed by atoms with Crippen molar-refractivity contribution in [2.75, 3.05) is 7.05 Å². The standard InChI is InChI=1S/C22H30FNO4/c1-12-9-16-15-6-5-13-10-14(25)7-8-19(13,2)21(15,23)17(26)11-20(16,3)22(12,28)18(27)24-4/h5,7-8,12,15-17,26,28H,6,9-11H2,1-4H3,(H,24,27)/t12-,15?,16?,17+,19+,20+,21+,22+/m1/s1. The van der Waals surface area contributed by atoms with E-state index in [-0.39, 0.29) is 30.5 Å². The zero-order valence-electron chi connectivity index (χ0n) is 17.0.